The monoisotopic (exact) mass is 287 g/mol. The van der Waals surface area contributed by atoms with Crippen molar-refractivity contribution in [2.75, 3.05) is 6.54 Å². The standard InChI is InChI=1S/C14H17N5O2/c1-8-12(18-21-17-8)11-6-3-7-19(11)14(20)13-9-4-2-5-10(9)15-16-13/h11H,2-7H2,1H3,(H,15,16). The van der Waals surface area contributed by atoms with E-state index in [2.05, 4.69) is 20.5 Å². The molecule has 7 heteroatoms. The van der Waals surface area contributed by atoms with Crippen LogP contribution in [0.15, 0.2) is 4.63 Å². The molecule has 110 valence electrons. The number of H-pyrrole nitrogens is 1. The van der Waals surface area contributed by atoms with Crippen LogP contribution in [-0.2, 0) is 12.8 Å². The number of aryl methyl sites for hydroxylation is 2. The van der Waals surface area contributed by atoms with E-state index in [0.29, 0.717) is 5.69 Å². The second-order valence-corrected chi connectivity index (χ2v) is 5.77. The van der Waals surface area contributed by atoms with Gasteiger partial charge in [0.1, 0.15) is 11.4 Å². The molecule has 1 aliphatic carbocycles. The highest BCUT2D eigenvalue weighted by molar-refractivity contribution is 5.94. The summed E-state index contributed by atoms with van der Waals surface area (Å²) in [4.78, 5) is 14.7. The summed E-state index contributed by atoms with van der Waals surface area (Å²) in [5.41, 5.74) is 4.33. The minimum Gasteiger partial charge on any atom is -0.328 e. The van der Waals surface area contributed by atoms with Crippen LogP contribution in [-0.4, -0.2) is 37.9 Å². The highest BCUT2D eigenvalue weighted by atomic mass is 16.6. The van der Waals surface area contributed by atoms with Crippen LogP contribution in [0, 0.1) is 6.92 Å². The highest BCUT2D eigenvalue weighted by Gasteiger charge is 2.36. The van der Waals surface area contributed by atoms with Crippen LogP contribution in [0.1, 0.15) is 58.4 Å². The molecule has 0 bridgehead atoms. The summed E-state index contributed by atoms with van der Waals surface area (Å²) >= 11 is 0. The number of amides is 1. The Morgan fingerprint density at radius 2 is 2.24 bits per heavy atom. The van der Waals surface area contributed by atoms with Gasteiger partial charge in [-0.2, -0.15) is 5.10 Å². The van der Waals surface area contributed by atoms with E-state index in [0.717, 1.165) is 61.3 Å². The molecule has 2 aromatic rings. The van der Waals surface area contributed by atoms with E-state index in [1.54, 1.807) is 0 Å². The number of hydrogen-bond donors (Lipinski definition) is 1. The molecule has 2 aromatic heterocycles. The quantitative estimate of drug-likeness (QED) is 0.905. The zero-order valence-corrected chi connectivity index (χ0v) is 11.9. The molecule has 1 unspecified atom stereocenters. The molecule has 1 aliphatic heterocycles. The Labute approximate surface area is 121 Å². The Morgan fingerprint density at radius 3 is 3.05 bits per heavy atom. The van der Waals surface area contributed by atoms with E-state index >= 15 is 0 Å². The number of nitrogens with one attached hydrogen (secondary N) is 1. The summed E-state index contributed by atoms with van der Waals surface area (Å²) in [7, 11) is 0. The lowest BCUT2D eigenvalue weighted by Gasteiger charge is -2.22. The number of hydrogen-bond acceptors (Lipinski definition) is 5. The first kappa shape index (κ1) is 12.6. The third kappa shape index (κ3) is 1.87. The third-order valence-corrected chi connectivity index (χ3v) is 4.53. The fourth-order valence-corrected chi connectivity index (χ4v) is 3.47. The molecule has 0 radical (unpaired) electrons. The molecule has 0 saturated carbocycles. The van der Waals surface area contributed by atoms with Crippen molar-refractivity contribution in [3.8, 4) is 0 Å². The van der Waals surface area contributed by atoms with Crippen LogP contribution in [0.2, 0.25) is 0 Å². The molecule has 21 heavy (non-hydrogen) atoms. The molecule has 1 amide bonds. The predicted octanol–water partition coefficient (Wildman–Crippen LogP) is 1.57. The predicted molar refractivity (Wildman–Crippen MR) is 72.7 cm³/mol. The first-order valence-corrected chi connectivity index (χ1v) is 7.42. The summed E-state index contributed by atoms with van der Waals surface area (Å²) in [6.07, 6.45) is 4.89. The Morgan fingerprint density at radius 1 is 1.33 bits per heavy atom. The average Bonchev–Trinajstić information content (AvgIpc) is 3.21. The minimum atomic E-state index is -0.0440. The van der Waals surface area contributed by atoms with Gasteiger partial charge in [-0.25, -0.2) is 4.63 Å². The summed E-state index contributed by atoms with van der Waals surface area (Å²) in [6.45, 7) is 2.59. The molecule has 0 spiro atoms. The normalized spacial score (nSPS) is 21.0. The molecule has 1 atom stereocenters. The first-order valence-electron chi connectivity index (χ1n) is 7.42. The van der Waals surface area contributed by atoms with Crippen LogP contribution in [0.5, 0.6) is 0 Å². The lowest BCUT2D eigenvalue weighted by Crippen LogP contribution is -2.32. The minimum absolute atomic E-state index is 0.000648. The van der Waals surface area contributed by atoms with Crippen molar-refractivity contribution in [2.24, 2.45) is 0 Å². The van der Waals surface area contributed by atoms with Crippen molar-refractivity contribution >= 4 is 5.91 Å². The van der Waals surface area contributed by atoms with Crippen LogP contribution >= 0.6 is 0 Å². The largest absolute Gasteiger partial charge is 0.328 e. The molecule has 2 aliphatic rings. The summed E-state index contributed by atoms with van der Waals surface area (Å²) in [5.74, 6) is -0.000648. The number of nitrogens with zero attached hydrogens (tertiary/aromatic N) is 4. The van der Waals surface area contributed by atoms with E-state index < -0.39 is 0 Å². The molecule has 4 rings (SSSR count). The van der Waals surface area contributed by atoms with Crippen molar-refractivity contribution in [3.05, 3.63) is 28.3 Å². The zero-order chi connectivity index (χ0) is 14.4. The maximum Gasteiger partial charge on any atom is 0.275 e. The van der Waals surface area contributed by atoms with Gasteiger partial charge in [0, 0.05) is 17.8 Å². The van der Waals surface area contributed by atoms with E-state index in [1.165, 1.54) is 0 Å². The molecule has 1 saturated heterocycles. The van der Waals surface area contributed by atoms with Gasteiger partial charge in [0.05, 0.1) is 6.04 Å². The van der Waals surface area contributed by atoms with E-state index in [1.807, 2.05) is 11.8 Å². The summed E-state index contributed by atoms with van der Waals surface area (Å²) in [6, 6.07) is -0.0440. The van der Waals surface area contributed by atoms with Gasteiger partial charge in [0.25, 0.3) is 5.91 Å². The Kier molecular flexibility index (Phi) is 2.80. The van der Waals surface area contributed by atoms with Gasteiger partial charge in [-0.15, -0.1) is 0 Å². The lowest BCUT2D eigenvalue weighted by atomic mass is 10.1. The smallest absolute Gasteiger partial charge is 0.275 e. The number of aromatic amines is 1. The molecular weight excluding hydrogens is 270 g/mol. The molecular formula is C14H17N5O2. The second-order valence-electron chi connectivity index (χ2n) is 5.77. The lowest BCUT2D eigenvalue weighted by molar-refractivity contribution is 0.0723. The highest BCUT2D eigenvalue weighted by Crippen LogP contribution is 2.34. The van der Waals surface area contributed by atoms with Gasteiger partial charge in [-0.1, -0.05) is 10.3 Å². The Hall–Kier alpha value is -2.18. The average molecular weight is 287 g/mol. The van der Waals surface area contributed by atoms with Gasteiger partial charge in [-0.05, 0) is 39.0 Å². The SMILES string of the molecule is Cc1nonc1C1CCCN1C(=O)c1n[nH]c2c1CCC2. The van der Waals surface area contributed by atoms with Crippen molar-refractivity contribution in [1.82, 2.24) is 25.4 Å². The van der Waals surface area contributed by atoms with Crippen LogP contribution in [0.3, 0.4) is 0 Å². The van der Waals surface area contributed by atoms with E-state index in [-0.39, 0.29) is 11.9 Å². The fourth-order valence-electron chi connectivity index (χ4n) is 3.47. The number of carbonyl (C=O) groups is 1. The summed E-state index contributed by atoms with van der Waals surface area (Å²) < 4.78 is 4.79. The van der Waals surface area contributed by atoms with Gasteiger partial charge in [0.2, 0.25) is 0 Å². The van der Waals surface area contributed by atoms with Crippen molar-refractivity contribution < 1.29 is 9.42 Å². The van der Waals surface area contributed by atoms with Crippen molar-refractivity contribution in [3.63, 3.8) is 0 Å². The fraction of sp³-hybridized carbons (Fsp3) is 0.571. The first-order chi connectivity index (χ1) is 10.3. The number of likely N-dealkylation sites (tertiary alicyclic amines) is 1. The third-order valence-electron chi connectivity index (χ3n) is 4.53. The molecule has 1 fully saturated rings. The Balaban J connectivity index is 1.65. The number of fused-ring (bicyclic) bond motifs is 1. The second kappa shape index (κ2) is 4.68. The van der Waals surface area contributed by atoms with Crippen LogP contribution in [0.25, 0.3) is 0 Å². The zero-order valence-electron chi connectivity index (χ0n) is 11.9. The topological polar surface area (TPSA) is 87.9 Å². The molecule has 7 nitrogen and oxygen atoms in total. The molecule has 3 heterocycles. The van der Waals surface area contributed by atoms with E-state index in [9.17, 15) is 4.79 Å². The number of carbonyl (C=O) groups excluding carboxylic acids is 1. The van der Waals surface area contributed by atoms with Crippen LogP contribution < -0.4 is 0 Å². The maximum absolute atomic E-state index is 12.8. The Bertz CT molecular complexity index is 689. The van der Waals surface area contributed by atoms with Gasteiger partial charge in [-0.3, -0.25) is 9.89 Å². The van der Waals surface area contributed by atoms with Gasteiger partial charge in [0.15, 0.2) is 5.69 Å². The molecule has 1 N–H and O–H groups in total. The number of rotatable bonds is 2. The van der Waals surface area contributed by atoms with Crippen molar-refractivity contribution in [1.29, 1.82) is 0 Å². The van der Waals surface area contributed by atoms with Crippen molar-refractivity contribution in [2.45, 2.75) is 45.1 Å². The van der Waals surface area contributed by atoms with Gasteiger partial charge >= 0.3 is 0 Å². The summed E-state index contributed by atoms with van der Waals surface area (Å²) in [5, 5.41) is 15.1. The molecule has 0 aromatic carbocycles. The van der Waals surface area contributed by atoms with E-state index in [4.69, 9.17) is 4.63 Å². The maximum atomic E-state index is 12.8. The van der Waals surface area contributed by atoms with Gasteiger partial charge < -0.3 is 4.90 Å². The van der Waals surface area contributed by atoms with Crippen LogP contribution in [0.4, 0.5) is 0 Å². The number of aromatic nitrogens is 4.